The van der Waals surface area contributed by atoms with Gasteiger partial charge in [-0.05, 0) is 26.1 Å². The second kappa shape index (κ2) is 7.25. The summed E-state index contributed by atoms with van der Waals surface area (Å²) < 4.78 is 0. The van der Waals surface area contributed by atoms with Gasteiger partial charge in [0, 0.05) is 26.2 Å². The summed E-state index contributed by atoms with van der Waals surface area (Å²) in [4.78, 5) is 23.5. The number of aryl methyl sites for hydroxylation is 1. The molecule has 2 aromatic rings. The number of hydrogen-bond donors (Lipinski definition) is 1. The fourth-order valence-electron chi connectivity index (χ4n) is 2.47. The number of para-hydroxylation sites is 2. The van der Waals surface area contributed by atoms with E-state index in [9.17, 15) is 4.79 Å². The average Bonchev–Trinajstić information content (AvgIpc) is 2.55. The van der Waals surface area contributed by atoms with Gasteiger partial charge >= 0.3 is 0 Å². The standard InChI is InChI=1S/C16H21N5OS/c1-12-16(18-14-6-4-3-5-13(14)17-12)23-11-15(22)19-21-9-7-20(2)8-10-21/h3-6H,7-11H2,1-2H3,(H,19,22). The third-order valence-corrected chi connectivity index (χ3v) is 4.89. The van der Waals surface area contributed by atoms with E-state index in [1.807, 2.05) is 36.2 Å². The molecule has 1 aromatic carbocycles. The molecule has 0 atom stereocenters. The highest BCUT2D eigenvalue weighted by molar-refractivity contribution is 7.99. The van der Waals surface area contributed by atoms with Crippen LogP contribution in [-0.2, 0) is 4.79 Å². The number of thioether (sulfide) groups is 1. The molecule has 23 heavy (non-hydrogen) atoms. The van der Waals surface area contributed by atoms with E-state index in [4.69, 9.17) is 0 Å². The molecule has 1 saturated heterocycles. The van der Waals surface area contributed by atoms with Gasteiger partial charge in [-0.1, -0.05) is 23.9 Å². The lowest BCUT2D eigenvalue weighted by atomic mass is 10.3. The van der Waals surface area contributed by atoms with Crippen LogP contribution >= 0.6 is 11.8 Å². The highest BCUT2D eigenvalue weighted by Crippen LogP contribution is 2.21. The van der Waals surface area contributed by atoms with Gasteiger partial charge in [0.2, 0.25) is 5.91 Å². The van der Waals surface area contributed by atoms with Crippen LogP contribution in [0, 0.1) is 6.92 Å². The van der Waals surface area contributed by atoms with E-state index in [0.29, 0.717) is 5.75 Å². The van der Waals surface area contributed by atoms with Crippen LogP contribution in [-0.4, -0.2) is 64.8 Å². The lowest BCUT2D eigenvalue weighted by Crippen LogP contribution is -2.52. The summed E-state index contributed by atoms with van der Waals surface area (Å²) in [5, 5.41) is 2.80. The molecule has 1 aliphatic rings. The zero-order valence-corrected chi connectivity index (χ0v) is 14.3. The van der Waals surface area contributed by atoms with Crippen LogP contribution in [0.15, 0.2) is 29.3 Å². The summed E-state index contributed by atoms with van der Waals surface area (Å²) in [5.41, 5.74) is 5.57. The van der Waals surface area contributed by atoms with E-state index in [1.165, 1.54) is 11.8 Å². The fourth-order valence-corrected chi connectivity index (χ4v) is 3.22. The maximum Gasteiger partial charge on any atom is 0.244 e. The molecule has 1 amide bonds. The number of hydrogen-bond acceptors (Lipinski definition) is 6. The molecule has 0 bridgehead atoms. The molecule has 1 aromatic heterocycles. The Morgan fingerprint density at radius 1 is 1.17 bits per heavy atom. The lowest BCUT2D eigenvalue weighted by molar-refractivity contribution is -0.124. The Labute approximate surface area is 140 Å². The Balaban J connectivity index is 1.57. The van der Waals surface area contributed by atoms with Crippen LogP contribution in [0.25, 0.3) is 11.0 Å². The maximum atomic E-state index is 12.1. The third kappa shape index (κ3) is 4.19. The van der Waals surface area contributed by atoms with Gasteiger partial charge in [0.15, 0.2) is 0 Å². The molecule has 0 spiro atoms. The van der Waals surface area contributed by atoms with Crippen molar-refractivity contribution in [2.45, 2.75) is 11.9 Å². The van der Waals surface area contributed by atoms with Crippen molar-refractivity contribution in [3.05, 3.63) is 30.0 Å². The van der Waals surface area contributed by atoms with Crippen LogP contribution in [0.1, 0.15) is 5.69 Å². The second-order valence-electron chi connectivity index (χ2n) is 5.72. The number of nitrogens with zero attached hydrogens (tertiary/aromatic N) is 4. The van der Waals surface area contributed by atoms with Crippen LogP contribution in [0.3, 0.4) is 0 Å². The molecule has 1 N–H and O–H groups in total. The van der Waals surface area contributed by atoms with E-state index < -0.39 is 0 Å². The van der Waals surface area contributed by atoms with Crippen molar-refractivity contribution in [3.8, 4) is 0 Å². The minimum absolute atomic E-state index is 0.00825. The molecule has 0 unspecified atom stereocenters. The van der Waals surface area contributed by atoms with Crippen molar-refractivity contribution in [1.82, 2.24) is 25.3 Å². The van der Waals surface area contributed by atoms with Crippen LogP contribution in [0.4, 0.5) is 0 Å². The maximum absolute atomic E-state index is 12.1. The van der Waals surface area contributed by atoms with Gasteiger partial charge in [-0.15, -0.1) is 0 Å². The number of fused-ring (bicyclic) bond motifs is 1. The number of benzene rings is 1. The van der Waals surface area contributed by atoms with E-state index in [2.05, 4.69) is 27.3 Å². The predicted molar refractivity (Wildman–Crippen MR) is 92.2 cm³/mol. The SMILES string of the molecule is Cc1nc2ccccc2nc1SCC(=O)NN1CCN(C)CC1. The summed E-state index contributed by atoms with van der Waals surface area (Å²) in [6.07, 6.45) is 0. The second-order valence-corrected chi connectivity index (χ2v) is 6.68. The Morgan fingerprint density at radius 2 is 1.83 bits per heavy atom. The summed E-state index contributed by atoms with van der Waals surface area (Å²) in [6.45, 7) is 5.61. The van der Waals surface area contributed by atoms with Crippen molar-refractivity contribution in [2.24, 2.45) is 0 Å². The molecule has 1 aliphatic heterocycles. The van der Waals surface area contributed by atoms with Gasteiger partial charge in [-0.25, -0.2) is 15.0 Å². The highest BCUT2D eigenvalue weighted by Gasteiger charge is 2.16. The molecule has 0 saturated carbocycles. The number of hydrazine groups is 1. The van der Waals surface area contributed by atoms with Crippen molar-refractivity contribution in [3.63, 3.8) is 0 Å². The number of piperazine rings is 1. The molecule has 7 heteroatoms. The Bertz CT molecular complexity index is 700. The van der Waals surface area contributed by atoms with Crippen LogP contribution in [0.5, 0.6) is 0 Å². The average molecular weight is 331 g/mol. The molecule has 3 rings (SSSR count). The summed E-state index contributed by atoms with van der Waals surface area (Å²) >= 11 is 1.44. The first kappa shape index (κ1) is 16.2. The molecule has 2 heterocycles. The van der Waals surface area contributed by atoms with E-state index in [-0.39, 0.29) is 5.91 Å². The molecular formula is C16H21N5OS. The zero-order chi connectivity index (χ0) is 16.2. The smallest absolute Gasteiger partial charge is 0.244 e. The minimum Gasteiger partial charge on any atom is -0.304 e. The monoisotopic (exact) mass is 331 g/mol. The number of likely N-dealkylation sites (N-methyl/N-ethyl adjacent to an activating group) is 1. The summed E-state index contributed by atoms with van der Waals surface area (Å²) in [5.74, 6) is 0.356. The normalized spacial score (nSPS) is 16.6. The molecule has 1 fully saturated rings. The molecule has 122 valence electrons. The van der Waals surface area contributed by atoms with Gasteiger partial charge in [-0.2, -0.15) is 0 Å². The van der Waals surface area contributed by atoms with Gasteiger partial charge in [0.1, 0.15) is 5.03 Å². The van der Waals surface area contributed by atoms with Gasteiger partial charge < -0.3 is 4.90 Å². The highest BCUT2D eigenvalue weighted by atomic mass is 32.2. The fraction of sp³-hybridized carbons (Fsp3) is 0.438. The number of aromatic nitrogens is 2. The topological polar surface area (TPSA) is 61.4 Å². The number of carbonyl (C=O) groups excluding carboxylic acids is 1. The lowest BCUT2D eigenvalue weighted by Gasteiger charge is -2.32. The Hall–Kier alpha value is -1.70. The van der Waals surface area contributed by atoms with Crippen LogP contribution < -0.4 is 5.43 Å². The van der Waals surface area contributed by atoms with Gasteiger partial charge in [0.05, 0.1) is 22.5 Å². The van der Waals surface area contributed by atoms with Crippen molar-refractivity contribution in [2.75, 3.05) is 39.0 Å². The van der Waals surface area contributed by atoms with E-state index in [0.717, 1.165) is 47.9 Å². The molecular weight excluding hydrogens is 310 g/mol. The van der Waals surface area contributed by atoms with E-state index in [1.54, 1.807) is 0 Å². The zero-order valence-electron chi connectivity index (χ0n) is 13.5. The predicted octanol–water partition coefficient (Wildman–Crippen LogP) is 1.31. The summed E-state index contributed by atoms with van der Waals surface area (Å²) in [6, 6.07) is 7.79. The molecule has 0 radical (unpaired) electrons. The first-order valence-corrected chi connectivity index (χ1v) is 8.69. The first-order chi connectivity index (χ1) is 11.1. The van der Waals surface area contributed by atoms with Crippen molar-refractivity contribution in [1.29, 1.82) is 0 Å². The Morgan fingerprint density at radius 3 is 2.52 bits per heavy atom. The quantitative estimate of drug-likeness (QED) is 0.853. The minimum atomic E-state index is 0.00825. The number of rotatable bonds is 4. The van der Waals surface area contributed by atoms with Crippen LogP contribution in [0.2, 0.25) is 0 Å². The van der Waals surface area contributed by atoms with Gasteiger partial charge in [-0.3, -0.25) is 10.2 Å². The van der Waals surface area contributed by atoms with Crippen molar-refractivity contribution < 1.29 is 4.79 Å². The molecule has 0 aliphatic carbocycles. The third-order valence-electron chi connectivity index (χ3n) is 3.83. The number of nitrogens with one attached hydrogen (secondary N) is 1. The number of carbonyl (C=O) groups is 1. The van der Waals surface area contributed by atoms with Crippen molar-refractivity contribution >= 4 is 28.7 Å². The van der Waals surface area contributed by atoms with E-state index >= 15 is 0 Å². The largest absolute Gasteiger partial charge is 0.304 e. The number of amides is 1. The first-order valence-electron chi connectivity index (χ1n) is 7.71. The van der Waals surface area contributed by atoms with Gasteiger partial charge in [0.25, 0.3) is 0 Å². The summed E-state index contributed by atoms with van der Waals surface area (Å²) in [7, 11) is 2.09. The Kier molecular flexibility index (Phi) is 5.09. The molecule has 6 nitrogen and oxygen atoms in total.